The Morgan fingerprint density at radius 1 is 1.44 bits per heavy atom. The largest absolute Gasteiger partial charge is 0.262 e. The molecule has 4 nitrogen and oxygen atoms in total. The zero-order valence-corrected chi connectivity index (χ0v) is 12.8. The van der Waals surface area contributed by atoms with Crippen LogP contribution in [0.5, 0.6) is 0 Å². The SMILES string of the molecule is CN(Cc1ccsc1)S(=O)(=O)c1cncc(Br)c1. The molecule has 96 valence electrons. The van der Waals surface area contributed by atoms with Gasteiger partial charge in [0, 0.05) is 30.5 Å². The third kappa shape index (κ3) is 2.97. The fraction of sp³-hybridized carbons (Fsp3) is 0.182. The highest BCUT2D eigenvalue weighted by atomic mass is 79.9. The van der Waals surface area contributed by atoms with E-state index >= 15 is 0 Å². The summed E-state index contributed by atoms with van der Waals surface area (Å²) in [6.07, 6.45) is 2.90. The molecule has 0 amide bonds. The van der Waals surface area contributed by atoms with Gasteiger partial charge in [-0.05, 0) is 44.4 Å². The molecule has 0 N–H and O–H groups in total. The molecule has 2 rings (SSSR count). The van der Waals surface area contributed by atoms with E-state index in [1.54, 1.807) is 30.6 Å². The molecular weight excluding hydrogens is 336 g/mol. The van der Waals surface area contributed by atoms with Crippen molar-refractivity contribution in [1.82, 2.24) is 9.29 Å². The van der Waals surface area contributed by atoms with E-state index in [1.165, 1.54) is 10.5 Å². The van der Waals surface area contributed by atoms with Crippen molar-refractivity contribution >= 4 is 37.3 Å². The first kappa shape index (κ1) is 13.7. The second kappa shape index (κ2) is 5.48. The Bertz CT molecular complexity index is 626. The van der Waals surface area contributed by atoms with Crippen LogP contribution < -0.4 is 0 Å². The summed E-state index contributed by atoms with van der Waals surface area (Å²) in [5, 5.41) is 3.86. The first-order valence-electron chi connectivity index (χ1n) is 5.08. The standard InChI is InChI=1S/C11H11BrN2O2S2/c1-14(7-9-2-3-17-8-9)18(15,16)11-4-10(12)5-13-6-11/h2-6,8H,7H2,1H3. The minimum absolute atomic E-state index is 0.189. The van der Waals surface area contributed by atoms with Gasteiger partial charge < -0.3 is 0 Å². The van der Waals surface area contributed by atoms with E-state index in [0.29, 0.717) is 11.0 Å². The van der Waals surface area contributed by atoms with Gasteiger partial charge in [0.15, 0.2) is 0 Å². The maximum atomic E-state index is 12.3. The first-order chi connectivity index (χ1) is 8.50. The summed E-state index contributed by atoms with van der Waals surface area (Å²) in [4.78, 5) is 4.07. The molecule has 0 aliphatic heterocycles. The lowest BCUT2D eigenvalue weighted by Gasteiger charge is -2.16. The van der Waals surface area contributed by atoms with Gasteiger partial charge in [0.25, 0.3) is 0 Å². The molecule has 2 aromatic heterocycles. The predicted octanol–water partition coefficient (Wildman–Crippen LogP) is 2.73. The van der Waals surface area contributed by atoms with Crippen LogP contribution in [0.2, 0.25) is 0 Å². The topological polar surface area (TPSA) is 50.3 Å². The Morgan fingerprint density at radius 3 is 2.83 bits per heavy atom. The summed E-state index contributed by atoms with van der Waals surface area (Å²) >= 11 is 4.77. The maximum absolute atomic E-state index is 12.3. The van der Waals surface area contributed by atoms with E-state index in [1.807, 2.05) is 16.8 Å². The summed E-state index contributed by atoms with van der Waals surface area (Å²) in [5.74, 6) is 0. The van der Waals surface area contributed by atoms with Gasteiger partial charge in [-0.3, -0.25) is 4.98 Å². The Hall–Kier alpha value is -0.760. The van der Waals surface area contributed by atoms with Crippen LogP contribution in [0.3, 0.4) is 0 Å². The zero-order chi connectivity index (χ0) is 13.2. The second-order valence-electron chi connectivity index (χ2n) is 3.73. The average Bonchev–Trinajstić information content (AvgIpc) is 2.81. The van der Waals surface area contributed by atoms with E-state index in [9.17, 15) is 8.42 Å². The van der Waals surface area contributed by atoms with Crippen molar-refractivity contribution in [3.63, 3.8) is 0 Å². The molecule has 0 saturated carbocycles. The molecule has 0 atom stereocenters. The Balaban J connectivity index is 2.25. The third-order valence-electron chi connectivity index (χ3n) is 2.37. The molecule has 0 aromatic carbocycles. The lowest BCUT2D eigenvalue weighted by atomic mass is 10.3. The molecule has 18 heavy (non-hydrogen) atoms. The normalized spacial score (nSPS) is 11.9. The van der Waals surface area contributed by atoms with Gasteiger partial charge >= 0.3 is 0 Å². The number of hydrogen-bond donors (Lipinski definition) is 0. The summed E-state index contributed by atoms with van der Waals surface area (Å²) in [7, 11) is -1.93. The minimum atomic E-state index is -3.49. The zero-order valence-electron chi connectivity index (χ0n) is 9.58. The van der Waals surface area contributed by atoms with Crippen molar-refractivity contribution in [3.05, 3.63) is 45.3 Å². The van der Waals surface area contributed by atoms with Gasteiger partial charge in [-0.1, -0.05) is 0 Å². The van der Waals surface area contributed by atoms with Crippen LogP contribution in [0.1, 0.15) is 5.56 Å². The van der Waals surface area contributed by atoms with Gasteiger partial charge in [0.1, 0.15) is 4.90 Å². The van der Waals surface area contributed by atoms with Gasteiger partial charge in [0.05, 0.1) is 0 Å². The molecule has 2 aromatic rings. The third-order valence-corrected chi connectivity index (χ3v) is 5.31. The van der Waals surface area contributed by atoms with Crippen LogP contribution in [-0.4, -0.2) is 24.8 Å². The number of aromatic nitrogens is 1. The lowest BCUT2D eigenvalue weighted by molar-refractivity contribution is 0.467. The van der Waals surface area contributed by atoms with Crippen LogP contribution in [0, 0.1) is 0 Å². The molecule has 0 radical (unpaired) electrons. The van der Waals surface area contributed by atoms with Crippen molar-refractivity contribution < 1.29 is 8.42 Å². The maximum Gasteiger partial charge on any atom is 0.244 e. The number of pyridine rings is 1. The van der Waals surface area contributed by atoms with Gasteiger partial charge in [-0.2, -0.15) is 15.6 Å². The number of sulfonamides is 1. The Morgan fingerprint density at radius 2 is 2.22 bits per heavy atom. The number of thiophene rings is 1. The van der Waals surface area contributed by atoms with Crippen LogP contribution in [0.25, 0.3) is 0 Å². The summed E-state index contributed by atoms with van der Waals surface area (Å²) in [6.45, 7) is 0.359. The Kier molecular flexibility index (Phi) is 4.16. The highest BCUT2D eigenvalue weighted by Gasteiger charge is 2.21. The van der Waals surface area contributed by atoms with E-state index in [2.05, 4.69) is 20.9 Å². The summed E-state index contributed by atoms with van der Waals surface area (Å²) < 4.78 is 26.5. The van der Waals surface area contributed by atoms with E-state index in [4.69, 9.17) is 0 Å². The molecule has 0 bridgehead atoms. The van der Waals surface area contributed by atoms with E-state index in [0.717, 1.165) is 5.56 Å². The Labute approximate surface area is 118 Å². The van der Waals surface area contributed by atoms with Crippen molar-refractivity contribution in [2.75, 3.05) is 7.05 Å². The molecule has 2 heterocycles. The highest BCUT2D eigenvalue weighted by molar-refractivity contribution is 9.10. The quantitative estimate of drug-likeness (QED) is 0.855. The van der Waals surface area contributed by atoms with Crippen LogP contribution in [-0.2, 0) is 16.6 Å². The number of halogens is 1. The first-order valence-corrected chi connectivity index (χ1v) is 8.26. The monoisotopic (exact) mass is 346 g/mol. The molecule has 0 fully saturated rings. The fourth-order valence-electron chi connectivity index (χ4n) is 1.44. The molecular formula is C11H11BrN2O2S2. The van der Waals surface area contributed by atoms with Gasteiger partial charge in [-0.25, -0.2) is 8.42 Å². The van der Waals surface area contributed by atoms with Gasteiger partial charge in [0.2, 0.25) is 10.0 Å². The fourth-order valence-corrected chi connectivity index (χ4v) is 3.76. The molecule has 0 aliphatic carbocycles. The second-order valence-corrected chi connectivity index (χ2v) is 7.47. The summed E-state index contributed by atoms with van der Waals surface area (Å²) in [6, 6.07) is 3.46. The predicted molar refractivity (Wildman–Crippen MR) is 74.9 cm³/mol. The number of nitrogens with zero attached hydrogens (tertiary/aromatic N) is 2. The van der Waals surface area contributed by atoms with Crippen molar-refractivity contribution in [1.29, 1.82) is 0 Å². The number of rotatable bonds is 4. The lowest BCUT2D eigenvalue weighted by Crippen LogP contribution is -2.26. The molecule has 0 aliphatic rings. The molecule has 0 saturated heterocycles. The van der Waals surface area contributed by atoms with Crippen LogP contribution >= 0.6 is 27.3 Å². The van der Waals surface area contributed by atoms with E-state index in [-0.39, 0.29) is 4.90 Å². The summed E-state index contributed by atoms with van der Waals surface area (Å²) in [5.41, 5.74) is 0.981. The van der Waals surface area contributed by atoms with Gasteiger partial charge in [-0.15, -0.1) is 0 Å². The van der Waals surface area contributed by atoms with Crippen molar-refractivity contribution in [2.45, 2.75) is 11.4 Å². The van der Waals surface area contributed by atoms with Crippen molar-refractivity contribution in [3.8, 4) is 0 Å². The highest BCUT2D eigenvalue weighted by Crippen LogP contribution is 2.19. The number of hydrogen-bond acceptors (Lipinski definition) is 4. The van der Waals surface area contributed by atoms with Crippen LogP contribution in [0.4, 0.5) is 0 Å². The van der Waals surface area contributed by atoms with Crippen LogP contribution in [0.15, 0.2) is 44.7 Å². The van der Waals surface area contributed by atoms with Crippen molar-refractivity contribution in [2.24, 2.45) is 0 Å². The molecule has 0 unspecified atom stereocenters. The smallest absolute Gasteiger partial charge is 0.244 e. The minimum Gasteiger partial charge on any atom is -0.262 e. The average molecular weight is 347 g/mol. The molecule has 0 spiro atoms. The van der Waals surface area contributed by atoms with E-state index < -0.39 is 10.0 Å². The molecule has 7 heteroatoms.